The van der Waals surface area contributed by atoms with Gasteiger partial charge < -0.3 is 9.47 Å². The maximum atomic E-state index is 8.98. The Morgan fingerprint density at radius 3 is 2.42 bits per heavy atom. The van der Waals surface area contributed by atoms with E-state index in [1.807, 2.05) is 43.3 Å². The molecule has 2 aromatic rings. The molecule has 0 unspecified atom stereocenters. The molecule has 0 aliphatic heterocycles. The maximum absolute atomic E-state index is 8.98. The first kappa shape index (κ1) is 13.0. The van der Waals surface area contributed by atoms with Gasteiger partial charge in [0.15, 0.2) is 0 Å². The summed E-state index contributed by atoms with van der Waals surface area (Å²) in [5, 5.41) is 8.98. The van der Waals surface area contributed by atoms with E-state index >= 15 is 0 Å². The molecule has 0 aromatic heterocycles. The van der Waals surface area contributed by atoms with Crippen LogP contribution in [0.3, 0.4) is 0 Å². The number of benzene rings is 2. The van der Waals surface area contributed by atoms with Crippen molar-refractivity contribution in [2.45, 2.75) is 6.92 Å². The van der Waals surface area contributed by atoms with Gasteiger partial charge in [0.05, 0.1) is 25.3 Å². The Morgan fingerprint density at radius 2 is 1.84 bits per heavy atom. The molecule has 3 nitrogen and oxygen atoms in total. The first-order chi connectivity index (χ1) is 9.28. The van der Waals surface area contributed by atoms with Gasteiger partial charge >= 0.3 is 0 Å². The number of rotatable bonds is 4. The molecule has 0 saturated heterocycles. The third-order valence-electron chi connectivity index (χ3n) is 2.80. The average Bonchev–Trinajstić information content (AvgIpc) is 2.47. The fourth-order valence-electron chi connectivity index (χ4n) is 1.90. The third-order valence-corrected chi connectivity index (χ3v) is 2.80. The van der Waals surface area contributed by atoms with Gasteiger partial charge in [-0.1, -0.05) is 12.1 Å². The lowest BCUT2D eigenvalue weighted by Crippen LogP contribution is -1.92. The van der Waals surface area contributed by atoms with Crippen molar-refractivity contribution in [3.8, 4) is 28.7 Å². The van der Waals surface area contributed by atoms with Gasteiger partial charge in [0.1, 0.15) is 11.5 Å². The van der Waals surface area contributed by atoms with Crippen molar-refractivity contribution < 1.29 is 9.47 Å². The molecular formula is C16H15NO2. The van der Waals surface area contributed by atoms with Gasteiger partial charge in [-0.3, -0.25) is 0 Å². The van der Waals surface area contributed by atoms with Crippen LogP contribution in [0.25, 0.3) is 11.1 Å². The molecule has 0 aliphatic carbocycles. The topological polar surface area (TPSA) is 42.2 Å². The summed E-state index contributed by atoms with van der Waals surface area (Å²) in [5.74, 6) is 1.59. The summed E-state index contributed by atoms with van der Waals surface area (Å²) in [5.41, 5.74) is 2.52. The summed E-state index contributed by atoms with van der Waals surface area (Å²) in [6.45, 7) is 2.60. The van der Waals surface area contributed by atoms with E-state index in [4.69, 9.17) is 14.7 Å². The van der Waals surface area contributed by atoms with E-state index in [0.717, 1.165) is 22.6 Å². The fraction of sp³-hybridized carbons (Fsp3) is 0.188. The van der Waals surface area contributed by atoms with Crippen molar-refractivity contribution in [3.63, 3.8) is 0 Å². The van der Waals surface area contributed by atoms with Crippen LogP contribution in [-0.4, -0.2) is 13.7 Å². The van der Waals surface area contributed by atoms with Crippen molar-refractivity contribution in [1.29, 1.82) is 5.26 Å². The predicted molar refractivity (Wildman–Crippen MR) is 74.3 cm³/mol. The van der Waals surface area contributed by atoms with E-state index in [1.54, 1.807) is 13.2 Å². The predicted octanol–water partition coefficient (Wildman–Crippen LogP) is 3.63. The molecule has 0 radical (unpaired) electrons. The molecule has 3 heteroatoms. The van der Waals surface area contributed by atoms with E-state index in [-0.39, 0.29) is 0 Å². The molecule has 96 valence electrons. The van der Waals surface area contributed by atoms with E-state index in [0.29, 0.717) is 12.2 Å². The molecule has 0 amide bonds. The highest BCUT2D eigenvalue weighted by Crippen LogP contribution is 2.31. The molecule has 0 bridgehead atoms. The highest BCUT2D eigenvalue weighted by Gasteiger charge is 2.07. The van der Waals surface area contributed by atoms with Gasteiger partial charge in [-0.05, 0) is 42.8 Å². The second kappa shape index (κ2) is 5.92. The summed E-state index contributed by atoms with van der Waals surface area (Å²) in [7, 11) is 1.62. The molecule has 0 aliphatic rings. The van der Waals surface area contributed by atoms with Crippen LogP contribution < -0.4 is 9.47 Å². The Kier molecular flexibility index (Phi) is 4.04. The monoisotopic (exact) mass is 253 g/mol. The minimum atomic E-state index is 0.615. The van der Waals surface area contributed by atoms with Crippen molar-refractivity contribution in [3.05, 3.63) is 48.0 Å². The lowest BCUT2D eigenvalue weighted by atomic mass is 10.0. The second-order valence-electron chi connectivity index (χ2n) is 3.98. The van der Waals surface area contributed by atoms with Crippen molar-refractivity contribution >= 4 is 0 Å². The van der Waals surface area contributed by atoms with Crippen LogP contribution in [0.5, 0.6) is 11.5 Å². The largest absolute Gasteiger partial charge is 0.496 e. The third kappa shape index (κ3) is 2.86. The highest BCUT2D eigenvalue weighted by molar-refractivity contribution is 5.72. The lowest BCUT2D eigenvalue weighted by Gasteiger charge is -2.10. The molecule has 0 fully saturated rings. The summed E-state index contributed by atoms with van der Waals surface area (Å²) in [4.78, 5) is 0. The van der Waals surface area contributed by atoms with Gasteiger partial charge in [-0.2, -0.15) is 5.26 Å². The minimum Gasteiger partial charge on any atom is -0.496 e. The summed E-state index contributed by atoms with van der Waals surface area (Å²) < 4.78 is 10.8. The van der Waals surface area contributed by atoms with E-state index < -0.39 is 0 Å². The normalized spacial score (nSPS) is 9.74. The highest BCUT2D eigenvalue weighted by atomic mass is 16.5. The van der Waals surface area contributed by atoms with Crippen molar-refractivity contribution in [2.24, 2.45) is 0 Å². The van der Waals surface area contributed by atoms with Gasteiger partial charge in [0, 0.05) is 5.56 Å². The first-order valence-electron chi connectivity index (χ1n) is 6.10. The number of nitriles is 1. The molecule has 19 heavy (non-hydrogen) atoms. The Labute approximate surface area is 113 Å². The SMILES string of the molecule is CCOc1ccc(-c2cc(C#N)ccc2OC)cc1. The van der Waals surface area contributed by atoms with E-state index in [2.05, 4.69) is 6.07 Å². The molecule has 0 saturated carbocycles. The zero-order valence-electron chi connectivity index (χ0n) is 11.0. The fourth-order valence-corrected chi connectivity index (χ4v) is 1.90. The number of nitrogens with zero attached hydrogens (tertiary/aromatic N) is 1. The average molecular weight is 253 g/mol. The molecule has 2 rings (SSSR count). The maximum Gasteiger partial charge on any atom is 0.126 e. The standard InChI is InChI=1S/C16H15NO2/c1-3-19-14-7-5-13(6-8-14)15-10-12(11-17)4-9-16(15)18-2/h4-10H,3H2,1-2H3. The zero-order chi connectivity index (χ0) is 13.7. The number of methoxy groups -OCH3 is 1. The Balaban J connectivity index is 2.42. The van der Waals surface area contributed by atoms with Crippen LogP contribution in [-0.2, 0) is 0 Å². The minimum absolute atomic E-state index is 0.615. The molecule has 0 N–H and O–H groups in total. The van der Waals surface area contributed by atoms with Crippen LogP contribution in [0.1, 0.15) is 12.5 Å². The molecule has 0 spiro atoms. The number of hydrogen-bond acceptors (Lipinski definition) is 3. The number of ether oxygens (including phenoxy) is 2. The molecule has 2 aromatic carbocycles. The quantitative estimate of drug-likeness (QED) is 0.835. The van der Waals surface area contributed by atoms with Gasteiger partial charge in [-0.25, -0.2) is 0 Å². The smallest absolute Gasteiger partial charge is 0.126 e. The number of hydrogen-bond donors (Lipinski definition) is 0. The lowest BCUT2D eigenvalue weighted by molar-refractivity contribution is 0.340. The first-order valence-corrected chi connectivity index (χ1v) is 6.10. The van der Waals surface area contributed by atoms with Gasteiger partial charge in [0.2, 0.25) is 0 Å². The zero-order valence-corrected chi connectivity index (χ0v) is 11.0. The summed E-state index contributed by atoms with van der Waals surface area (Å²) >= 11 is 0. The summed E-state index contributed by atoms with van der Waals surface area (Å²) in [6.07, 6.45) is 0. The molecule has 0 heterocycles. The summed E-state index contributed by atoms with van der Waals surface area (Å²) in [6, 6.07) is 15.3. The van der Waals surface area contributed by atoms with Crippen LogP contribution in [0.4, 0.5) is 0 Å². The Bertz CT molecular complexity index is 597. The second-order valence-corrected chi connectivity index (χ2v) is 3.98. The Morgan fingerprint density at radius 1 is 1.11 bits per heavy atom. The van der Waals surface area contributed by atoms with Crippen LogP contribution in [0, 0.1) is 11.3 Å². The van der Waals surface area contributed by atoms with Crippen molar-refractivity contribution in [2.75, 3.05) is 13.7 Å². The van der Waals surface area contributed by atoms with Gasteiger partial charge in [0.25, 0.3) is 0 Å². The van der Waals surface area contributed by atoms with Crippen LogP contribution in [0.2, 0.25) is 0 Å². The van der Waals surface area contributed by atoms with Gasteiger partial charge in [-0.15, -0.1) is 0 Å². The van der Waals surface area contributed by atoms with E-state index in [9.17, 15) is 0 Å². The van der Waals surface area contributed by atoms with Crippen LogP contribution in [0.15, 0.2) is 42.5 Å². The van der Waals surface area contributed by atoms with E-state index in [1.165, 1.54) is 0 Å². The Hall–Kier alpha value is -2.47. The van der Waals surface area contributed by atoms with Crippen LogP contribution >= 0.6 is 0 Å². The molecular weight excluding hydrogens is 238 g/mol. The molecule has 0 atom stereocenters. The van der Waals surface area contributed by atoms with Crippen molar-refractivity contribution in [1.82, 2.24) is 0 Å².